The summed E-state index contributed by atoms with van der Waals surface area (Å²) in [6.07, 6.45) is -11.2. The minimum Gasteiger partial charge on any atom is -0.387 e. The van der Waals surface area contributed by atoms with Crippen molar-refractivity contribution in [3.05, 3.63) is 0 Å². The number of hydrogen-bond acceptors (Lipinski definition) is 1. The monoisotopic (exact) mass is 306 g/mol. The van der Waals surface area contributed by atoms with Gasteiger partial charge in [-0.25, -0.2) is 0 Å². The molecule has 0 rings (SSSR count). The van der Waals surface area contributed by atoms with Crippen LogP contribution in [0.25, 0.3) is 0 Å². The van der Waals surface area contributed by atoms with Crippen LogP contribution in [0.5, 0.6) is 0 Å². The molecular formula is C9H11F9O. The molecule has 0 saturated heterocycles. The summed E-state index contributed by atoms with van der Waals surface area (Å²) in [5, 5.41) is 8.74. The third-order valence-corrected chi connectivity index (χ3v) is 2.42. The number of aliphatic hydroxyl groups excluding tert-OH is 1. The Labute approximate surface area is 102 Å². The Kier molecular flexibility index (Phi) is 5.18. The number of unbranched alkanes of at least 4 members (excludes halogenated alkanes) is 1. The highest BCUT2D eigenvalue weighted by atomic mass is 19.4. The normalized spacial score (nSPS) is 16.6. The molecule has 0 spiro atoms. The van der Waals surface area contributed by atoms with Gasteiger partial charge in [-0.1, -0.05) is 19.8 Å². The molecule has 19 heavy (non-hydrogen) atoms. The molecule has 0 aromatic carbocycles. The molecule has 0 aliphatic carbocycles. The Bertz CT molecular complexity index is 297. The fraction of sp³-hybridized carbons (Fsp3) is 1.00. The van der Waals surface area contributed by atoms with Gasteiger partial charge in [0.05, 0.1) is 0 Å². The fourth-order valence-corrected chi connectivity index (χ4v) is 1.18. The maximum absolute atomic E-state index is 13.0. The van der Waals surface area contributed by atoms with Crippen molar-refractivity contribution >= 4 is 0 Å². The first-order valence-corrected chi connectivity index (χ1v) is 5.11. The summed E-state index contributed by atoms with van der Waals surface area (Å²) in [6.45, 7) is 1.42. The summed E-state index contributed by atoms with van der Waals surface area (Å²) in [5.41, 5.74) is 0. The van der Waals surface area contributed by atoms with Crippen LogP contribution < -0.4 is 0 Å². The van der Waals surface area contributed by atoms with Crippen molar-refractivity contribution < 1.29 is 44.6 Å². The summed E-state index contributed by atoms with van der Waals surface area (Å²) < 4.78 is 112. The maximum Gasteiger partial charge on any atom is 0.460 e. The van der Waals surface area contributed by atoms with Crippen LogP contribution in [0.4, 0.5) is 39.5 Å². The second-order valence-corrected chi connectivity index (χ2v) is 3.93. The van der Waals surface area contributed by atoms with E-state index in [-0.39, 0.29) is 12.8 Å². The molecular weight excluding hydrogens is 295 g/mol. The summed E-state index contributed by atoms with van der Waals surface area (Å²) in [4.78, 5) is 0. The van der Waals surface area contributed by atoms with Crippen molar-refractivity contribution in [3.8, 4) is 0 Å². The average molecular weight is 306 g/mol. The minimum absolute atomic E-state index is 0.161. The van der Waals surface area contributed by atoms with E-state index in [0.717, 1.165) is 0 Å². The van der Waals surface area contributed by atoms with Gasteiger partial charge in [0.15, 0.2) is 0 Å². The summed E-state index contributed by atoms with van der Waals surface area (Å²) in [5.74, 6) is -19.6. The Morgan fingerprint density at radius 3 is 1.58 bits per heavy atom. The smallest absolute Gasteiger partial charge is 0.387 e. The van der Waals surface area contributed by atoms with Gasteiger partial charge in [0, 0.05) is 0 Å². The van der Waals surface area contributed by atoms with Gasteiger partial charge in [-0.15, -0.1) is 0 Å². The first-order valence-electron chi connectivity index (χ1n) is 5.11. The SMILES string of the molecule is CCCCC(O)C(F)(F)C(F)(F)C(F)(F)C(F)(F)F. The molecule has 0 heterocycles. The van der Waals surface area contributed by atoms with E-state index in [1.54, 1.807) is 0 Å². The van der Waals surface area contributed by atoms with Crippen molar-refractivity contribution in [2.24, 2.45) is 0 Å². The van der Waals surface area contributed by atoms with Gasteiger partial charge >= 0.3 is 23.9 Å². The molecule has 1 unspecified atom stereocenters. The van der Waals surface area contributed by atoms with E-state index in [0.29, 0.717) is 0 Å². The van der Waals surface area contributed by atoms with E-state index < -0.39 is 36.5 Å². The Morgan fingerprint density at radius 2 is 1.26 bits per heavy atom. The van der Waals surface area contributed by atoms with Crippen LogP contribution in [0.2, 0.25) is 0 Å². The van der Waals surface area contributed by atoms with Crippen LogP contribution in [-0.4, -0.2) is 35.2 Å². The Hall–Kier alpha value is -0.670. The van der Waals surface area contributed by atoms with Crippen LogP contribution in [0.3, 0.4) is 0 Å². The number of rotatable bonds is 6. The fourth-order valence-electron chi connectivity index (χ4n) is 1.18. The lowest BCUT2D eigenvalue weighted by atomic mass is 9.96. The van der Waals surface area contributed by atoms with Crippen molar-refractivity contribution in [1.82, 2.24) is 0 Å². The Balaban J connectivity index is 5.38. The topological polar surface area (TPSA) is 20.2 Å². The Morgan fingerprint density at radius 1 is 0.842 bits per heavy atom. The van der Waals surface area contributed by atoms with Gasteiger partial charge in [0.1, 0.15) is 6.10 Å². The predicted molar refractivity (Wildman–Crippen MR) is 46.4 cm³/mol. The molecule has 1 N–H and O–H groups in total. The third-order valence-electron chi connectivity index (χ3n) is 2.42. The van der Waals surface area contributed by atoms with E-state index >= 15 is 0 Å². The molecule has 0 aromatic rings. The predicted octanol–water partition coefficient (Wildman–Crippen LogP) is 4.01. The zero-order valence-corrected chi connectivity index (χ0v) is 9.55. The van der Waals surface area contributed by atoms with E-state index in [1.807, 2.05) is 0 Å². The lowest BCUT2D eigenvalue weighted by molar-refractivity contribution is -0.406. The van der Waals surface area contributed by atoms with E-state index in [1.165, 1.54) is 6.92 Å². The highest BCUT2D eigenvalue weighted by Gasteiger charge is 2.82. The first-order chi connectivity index (χ1) is 8.23. The van der Waals surface area contributed by atoms with E-state index in [2.05, 4.69) is 0 Å². The summed E-state index contributed by atoms with van der Waals surface area (Å²) in [7, 11) is 0. The highest BCUT2D eigenvalue weighted by molar-refractivity contribution is 5.03. The minimum atomic E-state index is -6.95. The number of alkyl halides is 9. The maximum atomic E-state index is 13.0. The van der Waals surface area contributed by atoms with Crippen LogP contribution >= 0.6 is 0 Å². The molecule has 116 valence electrons. The second-order valence-electron chi connectivity index (χ2n) is 3.93. The van der Waals surface area contributed by atoms with Crippen molar-refractivity contribution in [2.75, 3.05) is 0 Å². The van der Waals surface area contributed by atoms with Gasteiger partial charge in [-0.2, -0.15) is 39.5 Å². The van der Waals surface area contributed by atoms with E-state index in [4.69, 9.17) is 5.11 Å². The zero-order chi connectivity index (χ0) is 15.7. The molecule has 0 fully saturated rings. The second kappa shape index (κ2) is 5.37. The average Bonchev–Trinajstić information content (AvgIpc) is 2.23. The van der Waals surface area contributed by atoms with Gasteiger partial charge in [0.2, 0.25) is 0 Å². The van der Waals surface area contributed by atoms with Crippen molar-refractivity contribution in [3.63, 3.8) is 0 Å². The number of aliphatic hydroxyl groups is 1. The zero-order valence-electron chi connectivity index (χ0n) is 9.55. The lowest BCUT2D eigenvalue weighted by Gasteiger charge is -2.35. The summed E-state index contributed by atoms with van der Waals surface area (Å²) >= 11 is 0. The molecule has 1 atom stereocenters. The van der Waals surface area contributed by atoms with Gasteiger partial charge in [-0.3, -0.25) is 0 Å². The van der Waals surface area contributed by atoms with Crippen LogP contribution in [0.1, 0.15) is 26.2 Å². The lowest BCUT2D eigenvalue weighted by Crippen LogP contribution is -2.64. The highest BCUT2D eigenvalue weighted by Crippen LogP contribution is 2.54. The molecule has 1 nitrogen and oxygen atoms in total. The molecule has 0 saturated carbocycles. The van der Waals surface area contributed by atoms with Gasteiger partial charge in [0.25, 0.3) is 0 Å². The number of hydrogen-bond donors (Lipinski definition) is 1. The van der Waals surface area contributed by atoms with Crippen molar-refractivity contribution in [1.29, 1.82) is 0 Å². The van der Waals surface area contributed by atoms with Gasteiger partial charge < -0.3 is 5.11 Å². The quantitative estimate of drug-likeness (QED) is 0.735. The molecule has 0 bridgehead atoms. The van der Waals surface area contributed by atoms with Crippen LogP contribution in [0.15, 0.2) is 0 Å². The van der Waals surface area contributed by atoms with E-state index in [9.17, 15) is 39.5 Å². The largest absolute Gasteiger partial charge is 0.460 e. The van der Waals surface area contributed by atoms with Crippen LogP contribution in [-0.2, 0) is 0 Å². The molecule has 0 aliphatic rings. The summed E-state index contributed by atoms with van der Waals surface area (Å²) in [6, 6.07) is 0. The third kappa shape index (κ3) is 3.09. The molecule has 0 amide bonds. The van der Waals surface area contributed by atoms with Crippen molar-refractivity contribution in [2.45, 2.75) is 56.2 Å². The molecule has 0 aromatic heterocycles. The molecule has 0 aliphatic heterocycles. The first kappa shape index (κ1) is 18.3. The standard InChI is InChI=1S/C9H11F9O/c1-2-3-4-5(19)6(10,11)7(12,13)8(14,15)9(16,17)18/h5,19H,2-4H2,1H3. The molecule has 10 heteroatoms. The van der Waals surface area contributed by atoms with Gasteiger partial charge in [-0.05, 0) is 6.42 Å². The number of halogens is 9. The van der Waals surface area contributed by atoms with Crippen LogP contribution in [0, 0.1) is 0 Å². The molecule has 0 radical (unpaired) electrons.